The molecule has 1 aliphatic rings. The summed E-state index contributed by atoms with van der Waals surface area (Å²) >= 11 is 0. The average Bonchev–Trinajstić information content (AvgIpc) is 2.93. The molecule has 0 aliphatic heterocycles. The van der Waals surface area contributed by atoms with Crippen molar-refractivity contribution in [3.63, 3.8) is 0 Å². The first-order valence-corrected chi connectivity index (χ1v) is 7.07. The maximum atomic E-state index is 6.12. The van der Waals surface area contributed by atoms with Gasteiger partial charge in [0.2, 0.25) is 5.88 Å². The summed E-state index contributed by atoms with van der Waals surface area (Å²) < 4.78 is 6.12. The Morgan fingerprint density at radius 1 is 1.26 bits per heavy atom. The number of pyridine rings is 1. The maximum absolute atomic E-state index is 6.12. The molecule has 1 aromatic heterocycles. The molecule has 2 aromatic rings. The van der Waals surface area contributed by atoms with Crippen molar-refractivity contribution in [3.05, 3.63) is 35.9 Å². The smallest absolute Gasteiger partial charge is 0.218 e. The van der Waals surface area contributed by atoms with Gasteiger partial charge in [-0.2, -0.15) is 0 Å². The minimum Gasteiger partial charge on any atom is -0.474 e. The van der Waals surface area contributed by atoms with E-state index in [0.717, 1.165) is 36.3 Å². The van der Waals surface area contributed by atoms with E-state index >= 15 is 0 Å². The van der Waals surface area contributed by atoms with Gasteiger partial charge in [-0.3, -0.25) is 0 Å². The van der Waals surface area contributed by atoms with E-state index < -0.39 is 0 Å². The molecule has 1 fully saturated rings. The van der Waals surface area contributed by atoms with E-state index in [9.17, 15) is 0 Å². The highest BCUT2D eigenvalue weighted by Gasteiger charge is 2.19. The fraction of sp³-hybridized carbons (Fsp3) is 0.438. The Hall–Kier alpha value is -1.61. The van der Waals surface area contributed by atoms with E-state index in [0.29, 0.717) is 6.10 Å². The molecule has 3 heteroatoms. The Morgan fingerprint density at radius 3 is 2.84 bits per heavy atom. The van der Waals surface area contributed by atoms with Crippen molar-refractivity contribution in [2.75, 3.05) is 7.05 Å². The van der Waals surface area contributed by atoms with Gasteiger partial charge in [-0.15, -0.1) is 0 Å². The third kappa shape index (κ3) is 2.71. The molecule has 3 rings (SSSR count). The van der Waals surface area contributed by atoms with Crippen molar-refractivity contribution in [2.24, 2.45) is 0 Å². The number of nitrogens with one attached hydrogen (secondary N) is 1. The van der Waals surface area contributed by atoms with E-state index in [4.69, 9.17) is 9.72 Å². The van der Waals surface area contributed by atoms with Crippen LogP contribution in [0.15, 0.2) is 30.3 Å². The van der Waals surface area contributed by atoms with Crippen LogP contribution in [-0.4, -0.2) is 18.1 Å². The number of hydrogen-bond donors (Lipinski definition) is 1. The summed E-state index contributed by atoms with van der Waals surface area (Å²) in [4.78, 5) is 4.70. The lowest BCUT2D eigenvalue weighted by atomic mass is 10.1. The lowest BCUT2D eigenvalue weighted by Crippen LogP contribution is -2.15. The van der Waals surface area contributed by atoms with Gasteiger partial charge in [-0.1, -0.05) is 18.2 Å². The molecule has 0 amide bonds. The number of aromatic nitrogens is 1. The predicted octanol–water partition coefficient (Wildman–Crippen LogP) is 3.28. The highest BCUT2D eigenvalue weighted by Crippen LogP contribution is 2.27. The van der Waals surface area contributed by atoms with E-state index in [1.807, 2.05) is 25.2 Å². The summed E-state index contributed by atoms with van der Waals surface area (Å²) in [5.41, 5.74) is 2.16. The van der Waals surface area contributed by atoms with Gasteiger partial charge >= 0.3 is 0 Å². The second-order valence-electron chi connectivity index (χ2n) is 5.20. The Kier molecular flexibility index (Phi) is 3.65. The Labute approximate surface area is 114 Å². The average molecular weight is 256 g/mol. The van der Waals surface area contributed by atoms with Gasteiger partial charge in [0.25, 0.3) is 0 Å². The van der Waals surface area contributed by atoms with Crippen LogP contribution in [0.25, 0.3) is 10.9 Å². The standard InChI is InChI=1S/C16H20N2O/c1-17-11-13-10-12-6-2-5-9-15(12)18-16(13)19-14-7-3-4-8-14/h2,5-6,9-10,14,17H,3-4,7-8,11H2,1H3. The summed E-state index contributed by atoms with van der Waals surface area (Å²) in [7, 11) is 1.95. The van der Waals surface area contributed by atoms with Gasteiger partial charge in [-0.25, -0.2) is 4.98 Å². The van der Waals surface area contributed by atoms with E-state index in [2.05, 4.69) is 17.4 Å². The Balaban J connectivity index is 1.96. The van der Waals surface area contributed by atoms with Crippen LogP contribution in [0.4, 0.5) is 0 Å². The Bertz CT molecular complexity index is 562. The van der Waals surface area contributed by atoms with Gasteiger partial charge in [-0.05, 0) is 44.9 Å². The molecule has 0 atom stereocenters. The SMILES string of the molecule is CNCc1cc2ccccc2nc1OC1CCCC1. The van der Waals surface area contributed by atoms with Crippen molar-refractivity contribution in [3.8, 4) is 5.88 Å². The number of fused-ring (bicyclic) bond motifs is 1. The zero-order valence-electron chi connectivity index (χ0n) is 11.4. The van der Waals surface area contributed by atoms with E-state index in [1.54, 1.807) is 0 Å². The molecule has 0 spiro atoms. The van der Waals surface area contributed by atoms with Crippen LogP contribution >= 0.6 is 0 Å². The van der Waals surface area contributed by atoms with Crippen molar-refractivity contribution >= 4 is 10.9 Å². The highest BCUT2D eigenvalue weighted by atomic mass is 16.5. The van der Waals surface area contributed by atoms with E-state index in [1.165, 1.54) is 18.2 Å². The molecule has 0 unspecified atom stereocenters. The molecule has 0 saturated heterocycles. The first-order valence-electron chi connectivity index (χ1n) is 7.07. The number of ether oxygens (including phenoxy) is 1. The topological polar surface area (TPSA) is 34.2 Å². The summed E-state index contributed by atoms with van der Waals surface area (Å²) in [6.45, 7) is 0.792. The summed E-state index contributed by atoms with van der Waals surface area (Å²) in [5.74, 6) is 0.806. The van der Waals surface area contributed by atoms with Crippen LogP contribution in [-0.2, 0) is 6.54 Å². The zero-order valence-corrected chi connectivity index (χ0v) is 11.4. The van der Waals surface area contributed by atoms with Crippen LogP contribution in [0.1, 0.15) is 31.2 Å². The molecule has 1 aromatic carbocycles. The number of hydrogen-bond acceptors (Lipinski definition) is 3. The molecular weight excluding hydrogens is 236 g/mol. The van der Waals surface area contributed by atoms with Gasteiger partial charge in [0, 0.05) is 17.5 Å². The second kappa shape index (κ2) is 5.57. The number of nitrogens with zero attached hydrogens (tertiary/aromatic N) is 1. The predicted molar refractivity (Wildman–Crippen MR) is 77.4 cm³/mol. The molecule has 1 aliphatic carbocycles. The third-order valence-corrected chi connectivity index (χ3v) is 3.71. The normalized spacial score (nSPS) is 16.1. The maximum Gasteiger partial charge on any atom is 0.218 e. The molecule has 0 bridgehead atoms. The largest absolute Gasteiger partial charge is 0.474 e. The molecule has 3 nitrogen and oxygen atoms in total. The van der Waals surface area contributed by atoms with Crippen molar-refractivity contribution < 1.29 is 4.74 Å². The van der Waals surface area contributed by atoms with Crippen LogP contribution in [0.5, 0.6) is 5.88 Å². The first-order chi connectivity index (χ1) is 9.36. The third-order valence-electron chi connectivity index (χ3n) is 3.71. The van der Waals surface area contributed by atoms with Crippen LogP contribution in [0, 0.1) is 0 Å². The first kappa shape index (κ1) is 12.4. The monoisotopic (exact) mass is 256 g/mol. The minimum absolute atomic E-state index is 0.351. The number of para-hydroxylation sites is 1. The minimum atomic E-state index is 0.351. The highest BCUT2D eigenvalue weighted by molar-refractivity contribution is 5.80. The molecule has 19 heavy (non-hydrogen) atoms. The molecule has 0 radical (unpaired) electrons. The quantitative estimate of drug-likeness (QED) is 0.911. The van der Waals surface area contributed by atoms with Gasteiger partial charge in [0.05, 0.1) is 5.52 Å². The lowest BCUT2D eigenvalue weighted by Gasteiger charge is -2.16. The van der Waals surface area contributed by atoms with Crippen LogP contribution in [0.3, 0.4) is 0 Å². The van der Waals surface area contributed by atoms with Crippen LogP contribution < -0.4 is 10.1 Å². The molecular formula is C16H20N2O. The molecule has 1 heterocycles. The fourth-order valence-electron chi connectivity index (χ4n) is 2.73. The zero-order chi connectivity index (χ0) is 13.1. The van der Waals surface area contributed by atoms with Crippen molar-refractivity contribution in [2.45, 2.75) is 38.3 Å². The summed E-state index contributed by atoms with van der Waals surface area (Å²) in [6.07, 6.45) is 5.23. The lowest BCUT2D eigenvalue weighted by molar-refractivity contribution is 0.199. The molecule has 100 valence electrons. The Morgan fingerprint density at radius 2 is 2.05 bits per heavy atom. The fourth-order valence-corrected chi connectivity index (χ4v) is 2.73. The molecule has 1 N–H and O–H groups in total. The van der Waals surface area contributed by atoms with Crippen LogP contribution in [0.2, 0.25) is 0 Å². The summed E-state index contributed by atoms with van der Waals surface area (Å²) in [5, 5.41) is 4.37. The van der Waals surface area contributed by atoms with E-state index in [-0.39, 0.29) is 0 Å². The van der Waals surface area contributed by atoms with Gasteiger partial charge < -0.3 is 10.1 Å². The van der Waals surface area contributed by atoms with Gasteiger partial charge in [0.15, 0.2) is 0 Å². The van der Waals surface area contributed by atoms with Crippen molar-refractivity contribution in [1.29, 1.82) is 0 Å². The van der Waals surface area contributed by atoms with Crippen molar-refractivity contribution in [1.82, 2.24) is 10.3 Å². The second-order valence-corrected chi connectivity index (χ2v) is 5.20. The number of benzene rings is 1. The molecule has 1 saturated carbocycles. The van der Waals surface area contributed by atoms with Gasteiger partial charge in [0.1, 0.15) is 6.10 Å². The summed E-state index contributed by atoms with van der Waals surface area (Å²) in [6, 6.07) is 10.4. The number of rotatable bonds is 4.